The number of carbonyl (C=O) groups excluding carboxylic acids is 1. The van der Waals surface area contributed by atoms with Gasteiger partial charge in [-0.3, -0.25) is 9.69 Å². The minimum Gasteiger partial charge on any atom is -0.337 e. The van der Waals surface area contributed by atoms with E-state index in [1.165, 1.54) is 0 Å². The van der Waals surface area contributed by atoms with Crippen LogP contribution in [-0.4, -0.2) is 56.4 Å². The molecule has 0 unspecified atom stereocenters. The molecule has 6 nitrogen and oxygen atoms in total. The summed E-state index contributed by atoms with van der Waals surface area (Å²) < 4.78 is 2.04. The van der Waals surface area contributed by atoms with Crippen LogP contribution in [0, 0.1) is 0 Å². The van der Waals surface area contributed by atoms with Crippen LogP contribution in [-0.2, 0) is 13.6 Å². The van der Waals surface area contributed by atoms with E-state index in [9.17, 15) is 4.79 Å². The number of imidazole rings is 1. The summed E-state index contributed by atoms with van der Waals surface area (Å²) in [6.07, 6.45) is 3.78. The fourth-order valence-electron chi connectivity index (χ4n) is 3.21. The lowest BCUT2D eigenvalue weighted by atomic mass is 10.2. The SMILES string of the molecule is Cn1ccnc1CN1CCN(C(=O)c2ccc3ccccc3n2)CC1. The summed E-state index contributed by atoms with van der Waals surface area (Å²) in [5.74, 6) is 1.07. The molecule has 0 N–H and O–H groups in total. The number of benzene rings is 1. The Morgan fingerprint density at radius 2 is 1.88 bits per heavy atom. The fraction of sp³-hybridized carbons (Fsp3) is 0.316. The molecule has 0 aliphatic carbocycles. The molecular weight excluding hydrogens is 314 g/mol. The van der Waals surface area contributed by atoms with Gasteiger partial charge in [0.15, 0.2) is 0 Å². The van der Waals surface area contributed by atoms with Gasteiger partial charge in [-0.1, -0.05) is 24.3 Å². The van der Waals surface area contributed by atoms with Gasteiger partial charge in [0, 0.05) is 51.0 Å². The van der Waals surface area contributed by atoms with Crippen molar-refractivity contribution in [3.63, 3.8) is 0 Å². The van der Waals surface area contributed by atoms with Gasteiger partial charge in [-0.15, -0.1) is 0 Å². The molecule has 25 heavy (non-hydrogen) atoms. The van der Waals surface area contributed by atoms with Gasteiger partial charge in [-0.2, -0.15) is 0 Å². The standard InChI is InChI=1S/C19H21N5O/c1-22-9-8-20-18(22)14-23-10-12-24(13-11-23)19(25)17-7-6-15-4-2-3-5-16(15)21-17/h2-9H,10-14H2,1H3. The van der Waals surface area contributed by atoms with Gasteiger partial charge in [-0.05, 0) is 12.1 Å². The van der Waals surface area contributed by atoms with Gasteiger partial charge in [-0.25, -0.2) is 9.97 Å². The molecule has 3 heterocycles. The van der Waals surface area contributed by atoms with Crippen LogP contribution in [0.2, 0.25) is 0 Å². The number of hydrogen-bond donors (Lipinski definition) is 0. The van der Waals surface area contributed by atoms with Crippen molar-refractivity contribution in [3.8, 4) is 0 Å². The Labute approximate surface area is 146 Å². The Balaban J connectivity index is 1.41. The molecule has 2 aromatic heterocycles. The third kappa shape index (κ3) is 3.25. The van der Waals surface area contributed by atoms with Crippen molar-refractivity contribution in [1.29, 1.82) is 0 Å². The van der Waals surface area contributed by atoms with Gasteiger partial charge in [0.25, 0.3) is 5.91 Å². The molecule has 0 saturated carbocycles. The van der Waals surface area contributed by atoms with Crippen molar-refractivity contribution in [3.05, 3.63) is 60.3 Å². The zero-order chi connectivity index (χ0) is 17.2. The van der Waals surface area contributed by atoms with E-state index in [1.54, 1.807) is 0 Å². The Morgan fingerprint density at radius 3 is 2.64 bits per heavy atom. The zero-order valence-electron chi connectivity index (χ0n) is 14.3. The van der Waals surface area contributed by atoms with E-state index in [0.717, 1.165) is 49.5 Å². The smallest absolute Gasteiger partial charge is 0.272 e. The van der Waals surface area contributed by atoms with Crippen molar-refractivity contribution in [1.82, 2.24) is 24.3 Å². The lowest BCUT2D eigenvalue weighted by Crippen LogP contribution is -2.48. The van der Waals surface area contributed by atoms with Crippen LogP contribution in [0.5, 0.6) is 0 Å². The van der Waals surface area contributed by atoms with Gasteiger partial charge >= 0.3 is 0 Å². The molecule has 1 amide bonds. The Morgan fingerprint density at radius 1 is 1.08 bits per heavy atom. The molecule has 1 saturated heterocycles. The molecule has 0 radical (unpaired) electrons. The highest BCUT2D eigenvalue weighted by Crippen LogP contribution is 2.14. The third-order valence-corrected chi connectivity index (χ3v) is 4.76. The molecule has 3 aromatic rings. The number of fused-ring (bicyclic) bond motifs is 1. The number of piperazine rings is 1. The molecular formula is C19H21N5O. The number of rotatable bonds is 3. The maximum absolute atomic E-state index is 12.7. The normalized spacial score (nSPS) is 15.6. The second kappa shape index (κ2) is 6.64. The maximum atomic E-state index is 12.7. The van der Waals surface area contributed by atoms with Crippen LogP contribution >= 0.6 is 0 Å². The summed E-state index contributed by atoms with van der Waals surface area (Å²) in [6, 6.07) is 11.7. The number of pyridine rings is 1. The summed E-state index contributed by atoms with van der Waals surface area (Å²) >= 11 is 0. The van der Waals surface area contributed by atoms with E-state index in [-0.39, 0.29) is 5.91 Å². The summed E-state index contributed by atoms with van der Waals surface area (Å²) in [4.78, 5) is 25.9. The predicted octanol–water partition coefficient (Wildman–Crippen LogP) is 1.93. The van der Waals surface area contributed by atoms with Crippen molar-refractivity contribution in [2.45, 2.75) is 6.54 Å². The van der Waals surface area contributed by atoms with E-state index >= 15 is 0 Å². The van der Waals surface area contributed by atoms with Crippen LogP contribution < -0.4 is 0 Å². The molecule has 1 aliphatic rings. The van der Waals surface area contributed by atoms with Gasteiger partial charge in [0.1, 0.15) is 11.5 Å². The lowest BCUT2D eigenvalue weighted by Gasteiger charge is -2.34. The molecule has 1 aromatic carbocycles. The van der Waals surface area contributed by atoms with Gasteiger partial charge < -0.3 is 9.47 Å². The Hall–Kier alpha value is -2.73. The topological polar surface area (TPSA) is 54.3 Å². The van der Waals surface area contributed by atoms with Crippen molar-refractivity contribution in [2.24, 2.45) is 7.05 Å². The molecule has 128 valence electrons. The average molecular weight is 335 g/mol. The van der Waals surface area contributed by atoms with E-state index < -0.39 is 0 Å². The minimum absolute atomic E-state index is 0.0161. The van der Waals surface area contributed by atoms with Crippen LogP contribution in [0.3, 0.4) is 0 Å². The number of aromatic nitrogens is 3. The van der Waals surface area contributed by atoms with Crippen LogP contribution in [0.25, 0.3) is 10.9 Å². The first-order valence-corrected chi connectivity index (χ1v) is 8.54. The number of nitrogens with zero attached hydrogens (tertiary/aromatic N) is 5. The second-order valence-electron chi connectivity index (χ2n) is 6.41. The monoisotopic (exact) mass is 335 g/mol. The van der Waals surface area contributed by atoms with Crippen LogP contribution in [0.4, 0.5) is 0 Å². The predicted molar refractivity (Wildman–Crippen MR) is 96.1 cm³/mol. The van der Waals surface area contributed by atoms with Crippen LogP contribution in [0.15, 0.2) is 48.8 Å². The third-order valence-electron chi connectivity index (χ3n) is 4.76. The summed E-state index contributed by atoms with van der Waals surface area (Å²) in [5.41, 5.74) is 1.39. The minimum atomic E-state index is 0.0161. The number of carbonyl (C=O) groups is 1. The quantitative estimate of drug-likeness (QED) is 0.734. The molecule has 1 fully saturated rings. The number of para-hydroxylation sites is 1. The highest BCUT2D eigenvalue weighted by atomic mass is 16.2. The first-order chi connectivity index (χ1) is 12.2. The van der Waals surface area contributed by atoms with Crippen molar-refractivity contribution in [2.75, 3.05) is 26.2 Å². The van der Waals surface area contributed by atoms with E-state index in [2.05, 4.69) is 14.9 Å². The van der Waals surface area contributed by atoms with E-state index in [4.69, 9.17) is 0 Å². The number of hydrogen-bond acceptors (Lipinski definition) is 4. The van der Waals surface area contributed by atoms with E-state index in [1.807, 2.05) is 65.3 Å². The van der Waals surface area contributed by atoms with E-state index in [0.29, 0.717) is 5.69 Å². The summed E-state index contributed by atoms with van der Waals surface area (Å²) in [5, 5.41) is 1.05. The molecule has 1 aliphatic heterocycles. The molecule has 0 spiro atoms. The first kappa shape index (κ1) is 15.8. The Bertz CT molecular complexity index is 895. The second-order valence-corrected chi connectivity index (χ2v) is 6.41. The lowest BCUT2D eigenvalue weighted by molar-refractivity contribution is 0.0619. The fourth-order valence-corrected chi connectivity index (χ4v) is 3.21. The number of aryl methyl sites for hydroxylation is 1. The summed E-state index contributed by atoms with van der Waals surface area (Å²) in [6.45, 7) is 3.97. The first-order valence-electron chi connectivity index (χ1n) is 8.54. The average Bonchev–Trinajstić information content (AvgIpc) is 3.06. The highest BCUT2D eigenvalue weighted by Gasteiger charge is 2.23. The van der Waals surface area contributed by atoms with Crippen molar-refractivity contribution < 1.29 is 4.79 Å². The largest absolute Gasteiger partial charge is 0.337 e. The molecule has 0 atom stereocenters. The number of amides is 1. The van der Waals surface area contributed by atoms with Gasteiger partial charge in [0.05, 0.1) is 12.1 Å². The molecule has 6 heteroatoms. The van der Waals surface area contributed by atoms with Crippen LogP contribution in [0.1, 0.15) is 16.3 Å². The Kier molecular flexibility index (Phi) is 4.19. The maximum Gasteiger partial charge on any atom is 0.272 e. The zero-order valence-corrected chi connectivity index (χ0v) is 14.3. The summed E-state index contributed by atoms with van der Waals surface area (Å²) in [7, 11) is 2.01. The molecule has 4 rings (SSSR count). The highest BCUT2D eigenvalue weighted by molar-refractivity contribution is 5.95. The van der Waals surface area contributed by atoms with Gasteiger partial charge in [0.2, 0.25) is 0 Å². The van der Waals surface area contributed by atoms with Crippen molar-refractivity contribution >= 4 is 16.8 Å². The molecule has 0 bridgehead atoms.